The van der Waals surface area contributed by atoms with E-state index in [1.165, 1.54) is 6.92 Å². The number of nitrogens with one attached hydrogen (secondary N) is 1. The Kier molecular flexibility index (Phi) is 4.66. The second-order valence-corrected chi connectivity index (χ2v) is 7.34. The number of aromatic nitrogens is 3. The van der Waals surface area contributed by atoms with Gasteiger partial charge in [-0.2, -0.15) is 0 Å². The lowest BCUT2D eigenvalue weighted by molar-refractivity contribution is -0.147. The maximum absolute atomic E-state index is 12.5. The number of hydrogen-bond acceptors (Lipinski definition) is 4. The van der Waals surface area contributed by atoms with E-state index in [1.807, 2.05) is 53.1 Å². The third kappa shape index (κ3) is 3.29. The molecule has 0 radical (unpaired) electrons. The summed E-state index contributed by atoms with van der Waals surface area (Å²) in [5, 5.41) is 13.0. The summed E-state index contributed by atoms with van der Waals surface area (Å²) in [7, 11) is 0. The normalized spacial score (nSPS) is 13.6. The van der Waals surface area contributed by atoms with Crippen LogP contribution in [-0.2, 0) is 16.1 Å². The fourth-order valence-electron chi connectivity index (χ4n) is 3.49. The molecule has 7 heteroatoms. The molecule has 1 unspecified atom stereocenters. The number of carbonyl (C=O) groups is 2. The zero-order chi connectivity index (χ0) is 20.6. The number of nitrogens with zero attached hydrogens (tertiary/aromatic N) is 3. The standard InChI is InChI=1S/C22H22N4O3/c1-3-22(2,21(28)29)25-18(27)12-13-26-17-11-7-4-8-14(17)19-20(26)24-16-10-6-5-9-15(16)23-19/h4-11H,3,12-13H2,1-2H3,(H,25,27)(H,28,29). The van der Waals surface area contributed by atoms with Crippen LogP contribution < -0.4 is 5.32 Å². The number of hydrogen-bond donors (Lipinski definition) is 2. The Labute approximate surface area is 167 Å². The van der Waals surface area contributed by atoms with Crippen LogP contribution in [0, 0.1) is 0 Å². The van der Waals surface area contributed by atoms with Crippen LogP contribution in [0.2, 0.25) is 0 Å². The highest BCUT2D eigenvalue weighted by Gasteiger charge is 2.32. The largest absolute Gasteiger partial charge is 0.480 e. The van der Waals surface area contributed by atoms with Crippen LogP contribution in [0.5, 0.6) is 0 Å². The van der Waals surface area contributed by atoms with Crippen LogP contribution in [0.1, 0.15) is 26.7 Å². The van der Waals surface area contributed by atoms with Gasteiger partial charge in [0.05, 0.1) is 16.6 Å². The molecule has 7 nitrogen and oxygen atoms in total. The van der Waals surface area contributed by atoms with Gasteiger partial charge in [0.1, 0.15) is 11.1 Å². The Morgan fingerprint density at radius 1 is 1.07 bits per heavy atom. The van der Waals surface area contributed by atoms with Crippen LogP contribution in [-0.4, -0.2) is 37.1 Å². The first-order chi connectivity index (χ1) is 13.9. The van der Waals surface area contributed by atoms with Crippen molar-refractivity contribution in [1.29, 1.82) is 0 Å². The molecule has 29 heavy (non-hydrogen) atoms. The zero-order valence-corrected chi connectivity index (χ0v) is 16.3. The summed E-state index contributed by atoms with van der Waals surface area (Å²) < 4.78 is 1.98. The third-order valence-electron chi connectivity index (χ3n) is 5.41. The molecule has 0 aliphatic heterocycles. The van der Waals surface area contributed by atoms with E-state index < -0.39 is 11.5 Å². The van der Waals surface area contributed by atoms with Crippen molar-refractivity contribution in [2.45, 2.75) is 38.8 Å². The number of benzene rings is 2. The summed E-state index contributed by atoms with van der Waals surface area (Å²) in [5.41, 5.74) is 2.80. The smallest absolute Gasteiger partial charge is 0.329 e. The third-order valence-corrected chi connectivity index (χ3v) is 5.41. The number of carboxylic acid groups (broad SMARTS) is 1. The molecule has 1 atom stereocenters. The second kappa shape index (κ2) is 7.16. The average molecular weight is 390 g/mol. The molecule has 0 aliphatic rings. The van der Waals surface area contributed by atoms with Gasteiger partial charge in [-0.15, -0.1) is 0 Å². The minimum Gasteiger partial charge on any atom is -0.480 e. The average Bonchev–Trinajstić information content (AvgIpc) is 3.03. The van der Waals surface area contributed by atoms with Gasteiger partial charge in [-0.05, 0) is 31.5 Å². The van der Waals surface area contributed by atoms with E-state index in [4.69, 9.17) is 9.97 Å². The zero-order valence-electron chi connectivity index (χ0n) is 16.3. The van der Waals surface area contributed by atoms with Crippen molar-refractivity contribution in [3.8, 4) is 0 Å². The lowest BCUT2D eigenvalue weighted by atomic mass is 9.99. The molecule has 0 fully saturated rings. The number of fused-ring (bicyclic) bond motifs is 4. The van der Waals surface area contributed by atoms with E-state index in [0.717, 1.165) is 27.5 Å². The Hall–Kier alpha value is -3.48. The highest BCUT2D eigenvalue weighted by molar-refractivity contribution is 6.06. The Morgan fingerprint density at radius 2 is 1.72 bits per heavy atom. The molecule has 4 rings (SSSR count). The van der Waals surface area contributed by atoms with E-state index in [-0.39, 0.29) is 12.3 Å². The molecule has 4 aromatic rings. The Bertz CT molecular complexity index is 1250. The van der Waals surface area contributed by atoms with Crippen molar-refractivity contribution < 1.29 is 14.7 Å². The fraction of sp³-hybridized carbons (Fsp3) is 0.273. The van der Waals surface area contributed by atoms with Gasteiger partial charge >= 0.3 is 5.97 Å². The summed E-state index contributed by atoms with van der Waals surface area (Å²) in [5.74, 6) is -1.35. The van der Waals surface area contributed by atoms with Gasteiger partial charge in [-0.3, -0.25) is 4.79 Å². The molecule has 1 amide bonds. The highest BCUT2D eigenvalue weighted by Crippen LogP contribution is 2.28. The van der Waals surface area contributed by atoms with Gasteiger partial charge < -0.3 is 15.0 Å². The summed E-state index contributed by atoms with van der Waals surface area (Å²) in [6.45, 7) is 3.63. The van der Waals surface area contributed by atoms with E-state index in [0.29, 0.717) is 18.6 Å². The van der Waals surface area contributed by atoms with Crippen molar-refractivity contribution in [2.75, 3.05) is 0 Å². The summed E-state index contributed by atoms with van der Waals surface area (Å²) in [6, 6.07) is 15.6. The SMILES string of the molecule is CCC(C)(NC(=O)CCn1c2ccccc2c2nc3ccccc3nc21)C(=O)O. The predicted octanol–water partition coefficient (Wildman–Crippen LogP) is 3.50. The number of carbonyl (C=O) groups excluding carboxylic acids is 1. The Morgan fingerprint density at radius 3 is 2.41 bits per heavy atom. The first-order valence-corrected chi connectivity index (χ1v) is 9.61. The van der Waals surface area contributed by atoms with Crippen molar-refractivity contribution in [1.82, 2.24) is 19.9 Å². The second-order valence-electron chi connectivity index (χ2n) is 7.34. The molecule has 2 heterocycles. The monoisotopic (exact) mass is 390 g/mol. The lowest BCUT2D eigenvalue weighted by Gasteiger charge is -2.24. The first kappa shape index (κ1) is 18.9. The molecule has 0 saturated heterocycles. The topological polar surface area (TPSA) is 97.1 Å². The number of rotatable bonds is 6. The number of para-hydroxylation sites is 3. The molecule has 148 valence electrons. The van der Waals surface area contributed by atoms with Crippen molar-refractivity contribution in [3.63, 3.8) is 0 Å². The number of aliphatic carboxylic acids is 1. The molecule has 2 aromatic heterocycles. The molecule has 2 N–H and O–H groups in total. The van der Waals surface area contributed by atoms with E-state index in [1.54, 1.807) is 6.92 Å². The summed E-state index contributed by atoms with van der Waals surface area (Å²) in [6.07, 6.45) is 0.450. The summed E-state index contributed by atoms with van der Waals surface area (Å²) >= 11 is 0. The molecule has 2 aromatic carbocycles. The molecule has 0 spiro atoms. The van der Waals surface area contributed by atoms with Crippen LogP contribution in [0.25, 0.3) is 33.1 Å². The van der Waals surface area contributed by atoms with Crippen molar-refractivity contribution in [3.05, 3.63) is 48.5 Å². The van der Waals surface area contributed by atoms with Crippen LogP contribution in [0.3, 0.4) is 0 Å². The van der Waals surface area contributed by atoms with Crippen LogP contribution >= 0.6 is 0 Å². The number of amides is 1. The highest BCUT2D eigenvalue weighted by atomic mass is 16.4. The maximum atomic E-state index is 12.5. The fourth-order valence-corrected chi connectivity index (χ4v) is 3.49. The maximum Gasteiger partial charge on any atom is 0.329 e. The molecule has 0 saturated carbocycles. The number of aryl methyl sites for hydroxylation is 1. The van der Waals surface area contributed by atoms with Gasteiger partial charge in [0, 0.05) is 18.4 Å². The van der Waals surface area contributed by atoms with E-state index in [9.17, 15) is 14.7 Å². The van der Waals surface area contributed by atoms with E-state index >= 15 is 0 Å². The molecular weight excluding hydrogens is 368 g/mol. The van der Waals surface area contributed by atoms with E-state index in [2.05, 4.69) is 5.32 Å². The van der Waals surface area contributed by atoms with Gasteiger partial charge in [0.15, 0.2) is 5.65 Å². The van der Waals surface area contributed by atoms with Gasteiger partial charge in [-0.1, -0.05) is 37.3 Å². The molecular formula is C22H22N4O3. The van der Waals surface area contributed by atoms with Gasteiger partial charge in [0.25, 0.3) is 0 Å². The lowest BCUT2D eigenvalue weighted by Crippen LogP contribution is -2.51. The van der Waals surface area contributed by atoms with Gasteiger partial charge in [0.2, 0.25) is 5.91 Å². The first-order valence-electron chi connectivity index (χ1n) is 9.61. The number of carboxylic acids is 1. The van der Waals surface area contributed by atoms with Gasteiger partial charge in [-0.25, -0.2) is 14.8 Å². The van der Waals surface area contributed by atoms with Crippen LogP contribution in [0.15, 0.2) is 48.5 Å². The summed E-state index contributed by atoms with van der Waals surface area (Å²) in [4.78, 5) is 33.5. The minimum absolute atomic E-state index is 0.144. The quantitative estimate of drug-likeness (QED) is 0.525. The predicted molar refractivity (Wildman–Crippen MR) is 112 cm³/mol. The Balaban J connectivity index is 1.72. The minimum atomic E-state index is -1.27. The molecule has 0 aliphatic carbocycles. The van der Waals surface area contributed by atoms with Crippen molar-refractivity contribution >= 4 is 45.0 Å². The van der Waals surface area contributed by atoms with Crippen molar-refractivity contribution in [2.24, 2.45) is 0 Å². The van der Waals surface area contributed by atoms with Crippen LogP contribution in [0.4, 0.5) is 0 Å². The molecule has 0 bridgehead atoms.